The molecular weight excluding hydrogens is 352 g/mol. The highest BCUT2D eigenvalue weighted by Crippen LogP contribution is 2.27. The van der Waals surface area contributed by atoms with Gasteiger partial charge in [-0.05, 0) is 38.1 Å². The van der Waals surface area contributed by atoms with Crippen molar-refractivity contribution in [2.75, 3.05) is 17.5 Å². The Morgan fingerprint density at radius 2 is 1.76 bits per heavy atom. The number of ether oxygens (including phenoxy) is 1. The largest absolute Gasteiger partial charge is 0.465 e. The van der Waals surface area contributed by atoms with Gasteiger partial charge in [0.05, 0.1) is 17.2 Å². The van der Waals surface area contributed by atoms with E-state index in [4.69, 9.17) is 4.74 Å². The van der Waals surface area contributed by atoms with Gasteiger partial charge in [-0.3, -0.25) is 9.10 Å². The van der Waals surface area contributed by atoms with Crippen molar-refractivity contribution in [2.45, 2.75) is 18.7 Å². The molecule has 8 heteroatoms. The Balaban J connectivity index is 2.53. The molecule has 134 valence electrons. The van der Waals surface area contributed by atoms with Gasteiger partial charge in [0, 0.05) is 6.07 Å². The van der Waals surface area contributed by atoms with Crippen LogP contribution < -0.4 is 4.31 Å². The smallest absolute Gasteiger partial charge is 0.326 e. The molecule has 0 spiro atoms. The number of carbonyl (C=O) groups is 1. The molecule has 0 fully saturated rings. The molecule has 5 nitrogen and oxygen atoms in total. The van der Waals surface area contributed by atoms with Crippen LogP contribution in [-0.2, 0) is 19.6 Å². The van der Waals surface area contributed by atoms with Gasteiger partial charge in [0.1, 0.15) is 18.2 Å². The predicted octanol–water partition coefficient (Wildman–Crippen LogP) is 3.03. The van der Waals surface area contributed by atoms with Crippen molar-refractivity contribution >= 4 is 21.7 Å². The zero-order valence-corrected chi connectivity index (χ0v) is 14.5. The summed E-state index contributed by atoms with van der Waals surface area (Å²) in [4.78, 5) is 11.7. The summed E-state index contributed by atoms with van der Waals surface area (Å²) in [6, 6.07) is 8.30. The normalized spacial score (nSPS) is 11.2. The molecule has 0 aliphatic heterocycles. The minimum Gasteiger partial charge on any atom is -0.465 e. The highest BCUT2D eigenvalue weighted by molar-refractivity contribution is 7.92. The maximum atomic E-state index is 14.1. The van der Waals surface area contributed by atoms with E-state index in [1.54, 1.807) is 26.0 Å². The van der Waals surface area contributed by atoms with Crippen LogP contribution in [0.1, 0.15) is 12.5 Å². The van der Waals surface area contributed by atoms with Gasteiger partial charge in [-0.1, -0.05) is 17.7 Å². The number of hydrogen-bond donors (Lipinski definition) is 0. The molecule has 0 bridgehead atoms. The van der Waals surface area contributed by atoms with Gasteiger partial charge >= 0.3 is 5.97 Å². The van der Waals surface area contributed by atoms with Gasteiger partial charge in [-0.15, -0.1) is 0 Å². The number of aryl methyl sites for hydroxylation is 1. The van der Waals surface area contributed by atoms with E-state index < -0.39 is 39.9 Å². The zero-order chi connectivity index (χ0) is 18.6. The standard InChI is InChI=1S/C17H17F2NO4S/c1-3-24-17(21)11-20(16-9-6-13(18)10-15(16)19)25(22,23)14-7-4-12(2)5-8-14/h4-10H,3,11H2,1-2H3. The minimum absolute atomic E-state index is 0.0448. The van der Waals surface area contributed by atoms with Crippen molar-refractivity contribution in [3.05, 3.63) is 59.7 Å². The second-order valence-electron chi connectivity index (χ2n) is 5.23. The van der Waals surface area contributed by atoms with E-state index in [1.807, 2.05) is 0 Å². The molecule has 25 heavy (non-hydrogen) atoms. The monoisotopic (exact) mass is 369 g/mol. The number of rotatable bonds is 6. The summed E-state index contributed by atoms with van der Waals surface area (Å²) in [6.07, 6.45) is 0. The summed E-state index contributed by atoms with van der Waals surface area (Å²) in [7, 11) is -4.25. The zero-order valence-electron chi connectivity index (χ0n) is 13.7. The van der Waals surface area contributed by atoms with Gasteiger partial charge in [-0.25, -0.2) is 17.2 Å². The fourth-order valence-corrected chi connectivity index (χ4v) is 3.56. The number of nitrogens with zero attached hydrogens (tertiary/aromatic N) is 1. The molecule has 0 heterocycles. The van der Waals surface area contributed by atoms with Crippen molar-refractivity contribution in [1.29, 1.82) is 0 Å². The highest BCUT2D eigenvalue weighted by atomic mass is 32.2. The third-order valence-corrected chi connectivity index (χ3v) is 5.14. The first-order valence-electron chi connectivity index (χ1n) is 7.45. The van der Waals surface area contributed by atoms with E-state index in [0.717, 1.165) is 17.7 Å². The Morgan fingerprint density at radius 3 is 2.32 bits per heavy atom. The molecule has 0 aromatic heterocycles. The van der Waals surface area contributed by atoms with Crippen LogP contribution in [0.4, 0.5) is 14.5 Å². The molecule has 0 N–H and O–H groups in total. The number of anilines is 1. The van der Waals surface area contributed by atoms with Crippen LogP contribution in [0.3, 0.4) is 0 Å². The van der Waals surface area contributed by atoms with Crippen LogP contribution in [0.15, 0.2) is 47.4 Å². The summed E-state index contributed by atoms with van der Waals surface area (Å²) in [5.74, 6) is -2.80. The Hall–Kier alpha value is -2.48. The second kappa shape index (κ2) is 7.60. The molecule has 0 atom stereocenters. The Labute approximate surface area is 144 Å². The quantitative estimate of drug-likeness (QED) is 0.735. The lowest BCUT2D eigenvalue weighted by Crippen LogP contribution is -2.37. The molecule has 0 aliphatic rings. The molecule has 2 rings (SSSR count). The van der Waals surface area contributed by atoms with Crippen molar-refractivity contribution in [1.82, 2.24) is 0 Å². The first-order chi connectivity index (χ1) is 11.8. The molecule has 0 saturated carbocycles. The molecule has 2 aromatic rings. The van der Waals surface area contributed by atoms with E-state index >= 15 is 0 Å². The topological polar surface area (TPSA) is 63.7 Å². The predicted molar refractivity (Wildman–Crippen MR) is 88.7 cm³/mol. The SMILES string of the molecule is CCOC(=O)CN(c1ccc(F)cc1F)S(=O)(=O)c1ccc(C)cc1. The van der Waals surface area contributed by atoms with E-state index in [0.29, 0.717) is 10.4 Å². The fourth-order valence-electron chi connectivity index (χ4n) is 2.14. The lowest BCUT2D eigenvalue weighted by atomic mass is 10.2. The number of halogens is 2. The second-order valence-corrected chi connectivity index (χ2v) is 7.09. The Morgan fingerprint density at radius 1 is 1.12 bits per heavy atom. The lowest BCUT2D eigenvalue weighted by molar-refractivity contribution is -0.141. The van der Waals surface area contributed by atoms with Crippen LogP contribution in [0.2, 0.25) is 0 Å². The third-order valence-electron chi connectivity index (χ3n) is 3.37. The maximum Gasteiger partial charge on any atom is 0.326 e. The van der Waals surface area contributed by atoms with Crippen molar-refractivity contribution in [3.63, 3.8) is 0 Å². The van der Waals surface area contributed by atoms with Crippen LogP contribution in [0.5, 0.6) is 0 Å². The number of benzene rings is 2. The van der Waals surface area contributed by atoms with Crippen molar-refractivity contribution < 1.29 is 26.7 Å². The van der Waals surface area contributed by atoms with Gasteiger partial charge in [-0.2, -0.15) is 0 Å². The number of sulfonamides is 1. The average Bonchev–Trinajstić information content (AvgIpc) is 2.54. The fraction of sp³-hybridized carbons (Fsp3) is 0.235. The maximum absolute atomic E-state index is 14.1. The molecule has 0 amide bonds. The van der Waals surface area contributed by atoms with Crippen LogP contribution in [-0.4, -0.2) is 27.5 Å². The summed E-state index contributed by atoms with van der Waals surface area (Å²) in [5.41, 5.74) is 0.402. The van der Waals surface area contributed by atoms with E-state index in [1.165, 1.54) is 12.1 Å². The summed E-state index contributed by atoms with van der Waals surface area (Å²) in [6.45, 7) is 2.66. The van der Waals surface area contributed by atoms with Crippen molar-refractivity contribution in [3.8, 4) is 0 Å². The average molecular weight is 369 g/mol. The molecule has 2 aromatic carbocycles. The Kier molecular flexibility index (Phi) is 5.73. The Bertz CT molecular complexity index is 867. The molecule has 0 radical (unpaired) electrons. The minimum atomic E-state index is -4.25. The number of hydrogen-bond acceptors (Lipinski definition) is 4. The van der Waals surface area contributed by atoms with Gasteiger partial charge < -0.3 is 4.74 Å². The van der Waals surface area contributed by atoms with Crippen LogP contribution in [0.25, 0.3) is 0 Å². The van der Waals surface area contributed by atoms with Crippen molar-refractivity contribution in [2.24, 2.45) is 0 Å². The molecule has 0 saturated heterocycles. The first-order valence-corrected chi connectivity index (χ1v) is 8.89. The highest BCUT2D eigenvalue weighted by Gasteiger charge is 2.29. The third kappa shape index (κ3) is 4.33. The first kappa shape index (κ1) is 18.9. The van der Waals surface area contributed by atoms with Crippen LogP contribution >= 0.6 is 0 Å². The van der Waals surface area contributed by atoms with Gasteiger partial charge in [0.25, 0.3) is 10.0 Å². The molecular formula is C17H17F2NO4S. The number of esters is 1. The van der Waals surface area contributed by atoms with Gasteiger partial charge in [0.2, 0.25) is 0 Å². The molecule has 0 aliphatic carbocycles. The van der Waals surface area contributed by atoms with E-state index in [2.05, 4.69) is 0 Å². The summed E-state index contributed by atoms with van der Waals surface area (Å²) in [5, 5.41) is 0. The molecule has 0 unspecified atom stereocenters. The summed E-state index contributed by atoms with van der Waals surface area (Å²) >= 11 is 0. The van der Waals surface area contributed by atoms with Gasteiger partial charge in [0.15, 0.2) is 0 Å². The van der Waals surface area contributed by atoms with E-state index in [-0.39, 0.29) is 11.5 Å². The summed E-state index contributed by atoms with van der Waals surface area (Å²) < 4.78 is 58.4. The van der Waals surface area contributed by atoms with Crippen LogP contribution in [0, 0.1) is 18.6 Å². The lowest BCUT2D eigenvalue weighted by Gasteiger charge is -2.24. The number of carbonyl (C=O) groups excluding carboxylic acids is 1. The van der Waals surface area contributed by atoms with E-state index in [9.17, 15) is 22.0 Å².